The Balaban J connectivity index is 1.80. The van der Waals surface area contributed by atoms with E-state index in [1.165, 1.54) is 10.8 Å². The molecule has 0 radical (unpaired) electrons. The van der Waals surface area contributed by atoms with Gasteiger partial charge < -0.3 is 10.1 Å². The number of halogens is 1. The number of allylic oxidation sites excluding steroid dienone is 1. The Hall–Kier alpha value is -2.78. The third-order valence-corrected chi connectivity index (χ3v) is 6.56. The van der Waals surface area contributed by atoms with Gasteiger partial charge in [-0.25, -0.2) is 0 Å². The largest absolute Gasteiger partial charge is 0.494 e. The number of rotatable bonds is 3. The standard InChI is InChI=1S/C27H26ClNO2/c1-4-31-23-12-10-17(28)13-19(23)26-25-20(14-27(2,3)15-22(25)30)24-18-8-6-5-7-16(18)9-11-21(24)29-26/h5-13,26,29H,4,14-15H2,1-3H3/t26-/m0/s1. The van der Waals surface area contributed by atoms with Gasteiger partial charge in [0.15, 0.2) is 5.78 Å². The summed E-state index contributed by atoms with van der Waals surface area (Å²) in [5, 5.41) is 6.67. The van der Waals surface area contributed by atoms with Gasteiger partial charge in [-0.2, -0.15) is 0 Å². The number of carbonyl (C=O) groups excluding carboxylic acids is 1. The lowest BCUT2D eigenvalue weighted by Crippen LogP contribution is -2.33. The van der Waals surface area contributed by atoms with Gasteiger partial charge in [-0.1, -0.05) is 55.8 Å². The third-order valence-electron chi connectivity index (χ3n) is 6.32. The minimum atomic E-state index is -0.285. The fourth-order valence-electron chi connectivity index (χ4n) is 5.10. The van der Waals surface area contributed by atoms with Crippen LogP contribution in [0.3, 0.4) is 0 Å². The molecule has 4 heteroatoms. The molecular formula is C27H26ClNO2. The number of ketones is 1. The van der Waals surface area contributed by atoms with Crippen molar-refractivity contribution in [3.05, 3.63) is 76.3 Å². The second-order valence-corrected chi connectivity index (χ2v) is 9.67. The van der Waals surface area contributed by atoms with E-state index in [0.29, 0.717) is 18.1 Å². The van der Waals surface area contributed by atoms with E-state index in [1.807, 2.05) is 25.1 Å². The van der Waals surface area contributed by atoms with Crippen LogP contribution in [0.25, 0.3) is 16.3 Å². The fourth-order valence-corrected chi connectivity index (χ4v) is 5.28. The first-order chi connectivity index (χ1) is 14.9. The first kappa shape index (κ1) is 20.1. The lowest BCUT2D eigenvalue weighted by molar-refractivity contribution is -0.118. The summed E-state index contributed by atoms with van der Waals surface area (Å²) in [5.74, 6) is 0.961. The van der Waals surface area contributed by atoms with E-state index in [4.69, 9.17) is 16.3 Å². The van der Waals surface area contributed by atoms with Crippen molar-refractivity contribution in [2.45, 2.75) is 39.7 Å². The van der Waals surface area contributed by atoms with Gasteiger partial charge in [0, 0.05) is 33.8 Å². The van der Waals surface area contributed by atoms with Gasteiger partial charge in [0.05, 0.1) is 12.6 Å². The SMILES string of the molecule is CCOc1ccc(Cl)cc1[C@@H]1Nc2ccc3ccccc3c2C2=C1C(=O)CC(C)(C)C2. The maximum Gasteiger partial charge on any atom is 0.162 e. The third kappa shape index (κ3) is 3.41. The highest BCUT2D eigenvalue weighted by Gasteiger charge is 2.41. The number of anilines is 1. The molecule has 0 bridgehead atoms. The zero-order chi connectivity index (χ0) is 21.8. The van der Waals surface area contributed by atoms with Crippen LogP contribution in [0.4, 0.5) is 5.69 Å². The molecule has 0 saturated heterocycles. The van der Waals surface area contributed by atoms with Crippen LogP contribution in [-0.2, 0) is 4.79 Å². The molecule has 3 aromatic rings. The van der Waals surface area contributed by atoms with E-state index in [1.54, 1.807) is 0 Å². The average Bonchev–Trinajstić information content (AvgIpc) is 2.73. The van der Waals surface area contributed by atoms with E-state index < -0.39 is 0 Å². The second-order valence-electron chi connectivity index (χ2n) is 9.23. The highest BCUT2D eigenvalue weighted by molar-refractivity contribution is 6.30. The molecule has 3 nitrogen and oxygen atoms in total. The normalized spacial score (nSPS) is 19.6. The van der Waals surface area contributed by atoms with Crippen molar-refractivity contribution >= 4 is 39.4 Å². The number of fused-ring (bicyclic) bond motifs is 4. The second kappa shape index (κ2) is 7.42. The van der Waals surface area contributed by atoms with Crippen molar-refractivity contribution in [1.82, 2.24) is 0 Å². The molecule has 1 heterocycles. The summed E-state index contributed by atoms with van der Waals surface area (Å²) in [6.07, 6.45) is 1.40. The number of carbonyl (C=O) groups is 1. The molecule has 3 aromatic carbocycles. The highest BCUT2D eigenvalue weighted by Crippen LogP contribution is 2.53. The van der Waals surface area contributed by atoms with Crippen molar-refractivity contribution in [1.29, 1.82) is 0 Å². The minimum absolute atomic E-state index is 0.0803. The van der Waals surface area contributed by atoms with Crippen LogP contribution in [-0.4, -0.2) is 12.4 Å². The zero-order valence-corrected chi connectivity index (χ0v) is 18.8. The van der Waals surface area contributed by atoms with Crippen LogP contribution < -0.4 is 10.1 Å². The van der Waals surface area contributed by atoms with Gasteiger partial charge in [0.2, 0.25) is 0 Å². The fraction of sp³-hybridized carbons (Fsp3) is 0.296. The monoisotopic (exact) mass is 431 g/mol. The summed E-state index contributed by atoms with van der Waals surface area (Å²) >= 11 is 6.39. The molecule has 0 spiro atoms. The Morgan fingerprint density at radius 1 is 1.10 bits per heavy atom. The van der Waals surface area contributed by atoms with Crippen LogP contribution in [0.2, 0.25) is 5.02 Å². The van der Waals surface area contributed by atoms with E-state index in [2.05, 4.69) is 55.6 Å². The van der Waals surface area contributed by atoms with E-state index in [9.17, 15) is 4.79 Å². The number of hydrogen-bond acceptors (Lipinski definition) is 3. The lowest BCUT2D eigenvalue weighted by atomic mass is 9.68. The molecule has 0 aromatic heterocycles. The molecule has 2 aliphatic rings. The van der Waals surface area contributed by atoms with Crippen molar-refractivity contribution in [2.75, 3.05) is 11.9 Å². The molecule has 0 saturated carbocycles. The minimum Gasteiger partial charge on any atom is -0.494 e. The predicted octanol–water partition coefficient (Wildman–Crippen LogP) is 7.20. The van der Waals surface area contributed by atoms with Crippen molar-refractivity contribution in [3.63, 3.8) is 0 Å². The Bertz CT molecular complexity index is 1240. The first-order valence-corrected chi connectivity index (χ1v) is 11.2. The molecule has 158 valence electrons. The quantitative estimate of drug-likeness (QED) is 0.476. The van der Waals surface area contributed by atoms with Gasteiger partial charge >= 0.3 is 0 Å². The molecule has 0 unspecified atom stereocenters. The molecule has 1 atom stereocenters. The predicted molar refractivity (Wildman–Crippen MR) is 128 cm³/mol. The summed E-state index contributed by atoms with van der Waals surface area (Å²) in [5.41, 5.74) is 5.04. The van der Waals surface area contributed by atoms with Crippen molar-refractivity contribution in [2.24, 2.45) is 5.41 Å². The van der Waals surface area contributed by atoms with E-state index in [0.717, 1.165) is 40.1 Å². The van der Waals surface area contributed by atoms with Crippen LogP contribution in [0.15, 0.2) is 60.2 Å². The molecule has 31 heavy (non-hydrogen) atoms. The van der Waals surface area contributed by atoms with Gasteiger partial charge in [-0.3, -0.25) is 4.79 Å². The van der Waals surface area contributed by atoms with Crippen LogP contribution in [0.5, 0.6) is 5.75 Å². The smallest absolute Gasteiger partial charge is 0.162 e. The summed E-state index contributed by atoms with van der Waals surface area (Å²) < 4.78 is 5.93. The maximum atomic E-state index is 13.6. The Morgan fingerprint density at radius 3 is 2.71 bits per heavy atom. The number of nitrogens with one attached hydrogen (secondary N) is 1. The number of benzene rings is 3. The van der Waals surface area contributed by atoms with Crippen LogP contribution in [0.1, 0.15) is 50.8 Å². The zero-order valence-electron chi connectivity index (χ0n) is 18.1. The van der Waals surface area contributed by atoms with Crippen molar-refractivity contribution < 1.29 is 9.53 Å². The highest BCUT2D eigenvalue weighted by atomic mass is 35.5. The van der Waals surface area contributed by atoms with Gasteiger partial charge in [0.25, 0.3) is 0 Å². The molecule has 1 aliphatic heterocycles. The number of Topliss-reactive ketones (excluding diaryl/α,β-unsaturated/α-hetero) is 1. The molecule has 1 N–H and O–H groups in total. The van der Waals surface area contributed by atoms with Crippen LogP contribution in [0, 0.1) is 5.41 Å². The van der Waals surface area contributed by atoms with Gasteiger partial charge in [0.1, 0.15) is 5.75 Å². The topological polar surface area (TPSA) is 38.3 Å². The Kier molecular flexibility index (Phi) is 4.82. The van der Waals surface area contributed by atoms with Crippen LogP contribution >= 0.6 is 11.6 Å². The van der Waals surface area contributed by atoms with Gasteiger partial charge in [-0.05, 0) is 59.4 Å². The average molecular weight is 432 g/mol. The van der Waals surface area contributed by atoms with Gasteiger partial charge in [-0.15, -0.1) is 0 Å². The lowest BCUT2D eigenvalue weighted by Gasteiger charge is -2.40. The summed E-state index contributed by atoms with van der Waals surface area (Å²) in [6.45, 7) is 6.88. The van der Waals surface area contributed by atoms with E-state index in [-0.39, 0.29) is 17.2 Å². The molecular weight excluding hydrogens is 406 g/mol. The summed E-state index contributed by atoms with van der Waals surface area (Å²) in [7, 11) is 0. The Labute approximate surface area is 188 Å². The van der Waals surface area contributed by atoms with E-state index >= 15 is 0 Å². The maximum absolute atomic E-state index is 13.6. The summed E-state index contributed by atoms with van der Waals surface area (Å²) in [6, 6.07) is 18.0. The van der Waals surface area contributed by atoms with Crippen molar-refractivity contribution in [3.8, 4) is 5.75 Å². The summed E-state index contributed by atoms with van der Waals surface area (Å²) in [4.78, 5) is 13.6. The number of hydrogen-bond donors (Lipinski definition) is 1. The first-order valence-electron chi connectivity index (χ1n) is 10.8. The molecule has 0 fully saturated rings. The molecule has 1 aliphatic carbocycles. The number of ether oxygens (including phenoxy) is 1. The Morgan fingerprint density at radius 2 is 1.90 bits per heavy atom. The molecule has 5 rings (SSSR count). The molecule has 0 amide bonds.